The topological polar surface area (TPSA) is 71.5 Å². The molecule has 2 heterocycles. The lowest BCUT2D eigenvalue weighted by Gasteiger charge is -2.31. The number of pyridine rings is 1. The highest BCUT2D eigenvalue weighted by atomic mass is 35.5. The molecule has 0 aliphatic carbocycles. The first kappa shape index (κ1) is 19.2. The van der Waals surface area contributed by atoms with Gasteiger partial charge in [0.2, 0.25) is 5.91 Å². The number of ether oxygens (including phenoxy) is 1. The van der Waals surface area contributed by atoms with Crippen LogP contribution in [0.5, 0.6) is 5.75 Å². The van der Waals surface area contributed by atoms with Crippen molar-refractivity contribution in [3.8, 4) is 5.75 Å². The van der Waals surface area contributed by atoms with Gasteiger partial charge in [0.05, 0.1) is 12.7 Å². The van der Waals surface area contributed by atoms with Gasteiger partial charge >= 0.3 is 0 Å². The number of hydrogen-bond acceptors (Lipinski definition) is 4. The Balaban J connectivity index is 1.54. The molecule has 1 aliphatic heterocycles. The molecule has 0 spiro atoms. The molecule has 27 heavy (non-hydrogen) atoms. The molecule has 0 radical (unpaired) electrons. The van der Waals surface area contributed by atoms with Crippen LogP contribution in [0.1, 0.15) is 28.8 Å². The summed E-state index contributed by atoms with van der Waals surface area (Å²) in [5, 5.41) is 3.44. The van der Waals surface area contributed by atoms with Gasteiger partial charge in [-0.25, -0.2) is 0 Å². The quantitative estimate of drug-likeness (QED) is 0.856. The van der Waals surface area contributed by atoms with E-state index in [0.29, 0.717) is 48.8 Å². The van der Waals surface area contributed by atoms with Gasteiger partial charge in [0.15, 0.2) is 0 Å². The first-order chi connectivity index (χ1) is 13.1. The molecule has 1 N–H and O–H groups in total. The summed E-state index contributed by atoms with van der Waals surface area (Å²) in [6.07, 6.45) is 4.70. The summed E-state index contributed by atoms with van der Waals surface area (Å²) in [5.74, 6) is 0.308. The van der Waals surface area contributed by atoms with E-state index in [0.717, 1.165) is 5.56 Å². The number of rotatable bonds is 5. The standard InChI is InChI=1S/C20H22ClN3O3/c1-27-18-5-4-16(21)11-17(18)20(26)24-9-6-15(7-10-24)19(25)23-13-14-3-2-8-22-12-14/h2-5,8,11-12,15H,6-7,9-10,13H2,1H3,(H,23,25). The van der Waals surface area contributed by atoms with Gasteiger partial charge in [0.1, 0.15) is 5.75 Å². The molecule has 0 saturated carbocycles. The number of aromatic nitrogens is 1. The average molecular weight is 388 g/mol. The predicted octanol–water partition coefficient (Wildman–Crippen LogP) is 2.91. The Labute approximate surface area is 163 Å². The monoisotopic (exact) mass is 387 g/mol. The molecular formula is C20H22ClN3O3. The first-order valence-corrected chi connectivity index (χ1v) is 9.25. The van der Waals surface area contributed by atoms with E-state index in [-0.39, 0.29) is 17.7 Å². The number of likely N-dealkylation sites (tertiary alicyclic amines) is 1. The highest BCUT2D eigenvalue weighted by molar-refractivity contribution is 6.31. The van der Waals surface area contributed by atoms with Crippen LogP contribution in [-0.2, 0) is 11.3 Å². The molecule has 2 aromatic rings. The Hall–Kier alpha value is -2.60. The second-order valence-corrected chi connectivity index (χ2v) is 6.93. The summed E-state index contributed by atoms with van der Waals surface area (Å²) in [6.45, 7) is 1.52. The maximum atomic E-state index is 12.8. The van der Waals surface area contributed by atoms with E-state index < -0.39 is 0 Å². The molecule has 1 aromatic heterocycles. The number of carbonyl (C=O) groups excluding carboxylic acids is 2. The fourth-order valence-corrected chi connectivity index (χ4v) is 3.37. The molecule has 6 nitrogen and oxygen atoms in total. The summed E-state index contributed by atoms with van der Waals surface area (Å²) in [6, 6.07) is 8.77. The number of carbonyl (C=O) groups is 2. The molecule has 3 rings (SSSR count). The van der Waals surface area contributed by atoms with Crippen LogP contribution in [-0.4, -0.2) is 41.9 Å². The second-order valence-electron chi connectivity index (χ2n) is 6.49. The maximum Gasteiger partial charge on any atom is 0.257 e. The SMILES string of the molecule is COc1ccc(Cl)cc1C(=O)N1CCC(C(=O)NCc2cccnc2)CC1. The summed E-state index contributed by atoms with van der Waals surface area (Å²) in [7, 11) is 1.53. The molecule has 2 amide bonds. The molecule has 1 fully saturated rings. The predicted molar refractivity (Wildman–Crippen MR) is 103 cm³/mol. The fourth-order valence-electron chi connectivity index (χ4n) is 3.20. The molecule has 1 aromatic carbocycles. The molecule has 0 unspecified atom stereocenters. The zero-order valence-electron chi connectivity index (χ0n) is 15.2. The van der Waals surface area contributed by atoms with E-state index >= 15 is 0 Å². The maximum absolute atomic E-state index is 12.8. The summed E-state index contributed by atoms with van der Waals surface area (Å²) in [4.78, 5) is 31.0. The van der Waals surface area contributed by atoms with Crippen molar-refractivity contribution in [1.29, 1.82) is 0 Å². The van der Waals surface area contributed by atoms with Crippen molar-refractivity contribution in [3.63, 3.8) is 0 Å². The Morgan fingerprint density at radius 3 is 2.74 bits per heavy atom. The van der Waals surface area contributed by atoms with Crippen molar-refractivity contribution in [1.82, 2.24) is 15.2 Å². The Kier molecular flexibility index (Phi) is 6.29. The number of benzene rings is 1. The Morgan fingerprint density at radius 1 is 1.30 bits per heavy atom. The zero-order chi connectivity index (χ0) is 19.2. The van der Waals surface area contributed by atoms with Gasteiger partial charge < -0.3 is 15.0 Å². The highest BCUT2D eigenvalue weighted by Gasteiger charge is 2.29. The van der Waals surface area contributed by atoms with Gasteiger partial charge in [-0.15, -0.1) is 0 Å². The van der Waals surface area contributed by atoms with Crippen LogP contribution in [0, 0.1) is 5.92 Å². The molecule has 0 bridgehead atoms. The number of nitrogens with one attached hydrogen (secondary N) is 1. The van der Waals surface area contributed by atoms with Crippen molar-refractivity contribution in [3.05, 3.63) is 58.9 Å². The minimum atomic E-state index is -0.122. The minimum Gasteiger partial charge on any atom is -0.496 e. The van der Waals surface area contributed by atoms with Gasteiger partial charge in [-0.2, -0.15) is 0 Å². The van der Waals surface area contributed by atoms with Crippen LogP contribution in [0.4, 0.5) is 0 Å². The minimum absolute atomic E-state index is 0.0197. The lowest BCUT2D eigenvalue weighted by Crippen LogP contribution is -2.43. The molecular weight excluding hydrogens is 366 g/mol. The van der Waals surface area contributed by atoms with Crippen molar-refractivity contribution in [2.75, 3.05) is 20.2 Å². The zero-order valence-corrected chi connectivity index (χ0v) is 15.9. The normalized spacial score (nSPS) is 14.7. The van der Waals surface area contributed by atoms with Crippen molar-refractivity contribution >= 4 is 23.4 Å². The second kappa shape index (κ2) is 8.86. The van der Waals surface area contributed by atoms with Crippen LogP contribution in [0.2, 0.25) is 5.02 Å². The van der Waals surface area contributed by atoms with E-state index in [1.807, 2.05) is 12.1 Å². The number of piperidine rings is 1. The number of halogens is 1. The summed E-state index contributed by atoms with van der Waals surface area (Å²) < 4.78 is 5.27. The molecule has 7 heteroatoms. The van der Waals surface area contributed by atoms with Crippen LogP contribution in [0.3, 0.4) is 0 Å². The first-order valence-electron chi connectivity index (χ1n) is 8.88. The van der Waals surface area contributed by atoms with Crippen molar-refractivity contribution in [2.45, 2.75) is 19.4 Å². The van der Waals surface area contributed by atoms with Gasteiger partial charge in [-0.1, -0.05) is 17.7 Å². The van der Waals surface area contributed by atoms with Gasteiger partial charge in [-0.05, 0) is 42.7 Å². The molecule has 1 aliphatic rings. The number of amides is 2. The lowest BCUT2D eigenvalue weighted by molar-refractivity contribution is -0.126. The third-order valence-corrected chi connectivity index (χ3v) is 4.97. The number of hydrogen-bond donors (Lipinski definition) is 1. The van der Waals surface area contributed by atoms with Crippen LogP contribution in [0.25, 0.3) is 0 Å². The van der Waals surface area contributed by atoms with Crippen LogP contribution < -0.4 is 10.1 Å². The fraction of sp³-hybridized carbons (Fsp3) is 0.350. The van der Waals surface area contributed by atoms with Crippen LogP contribution in [0.15, 0.2) is 42.7 Å². The third kappa shape index (κ3) is 4.77. The number of nitrogens with zero attached hydrogens (tertiary/aromatic N) is 2. The number of methoxy groups -OCH3 is 1. The van der Waals surface area contributed by atoms with E-state index in [4.69, 9.17) is 16.3 Å². The lowest BCUT2D eigenvalue weighted by atomic mass is 9.95. The average Bonchev–Trinajstić information content (AvgIpc) is 2.72. The molecule has 142 valence electrons. The van der Waals surface area contributed by atoms with Crippen LogP contribution >= 0.6 is 11.6 Å². The molecule has 0 atom stereocenters. The highest BCUT2D eigenvalue weighted by Crippen LogP contribution is 2.26. The van der Waals surface area contributed by atoms with E-state index in [1.54, 1.807) is 35.5 Å². The third-order valence-electron chi connectivity index (χ3n) is 4.73. The van der Waals surface area contributed by atoms with E-state index in [9.17, 15) is 9.59 Å². The summed E-state index contributed by atoms with van der Waals surface area (Å²) in [5.41, 5.74) is 1.41. The Bertz CT molecular complexity index is 805. The van der Waals surface area contributed by atoms with Gasteiger partial charge in [0.25, 0.3) is 5.91 Å². The van der Waals surface area contributed by atoms with Crippen molar-refractivity contribution < 1.29 is 14.3 Å². The largest absolute Gasteiger partial charge is 0.496 e. The van der Waals surface area contributed by atoms with Gasteiger partial charge in [-0.3, -0.25) is 14.6 Å². The summed E-state index contributed by atoms with van der Waals surface area (Å²) >= 11 is 6.02. The Morgan fingerprint density at radius 2 is 2.07 bits per heavy atom. The molecule has 1 saturated heterocycles. The van der Waals surface area contributed by atoms with E-state index in [2.05, 4.69) is 10.3 Å². The van der Waals surface area contributed by atoms with Crippen molar-refractivity contribution in [2.24, 2.45) is 5.92 Å². The van der Waals surface area contributed by atoms with E-state index in [1.165, 1.54) is 7.11 Å². The smallest absolute Gasteiger partial charge is 0.257 e. The van der Waals surface area contributed by atoms with Gasteiger partial charge in [0, 0.05) is 43.0 Å².